The fourth-order valence-electron chi connectivity index (χ4n) is 2.02. The van der Waals surface area contributed by atoms with Crippen LogP contribution in [0.25, 0.3) is 0 Å². The van der Waals surface area contributed by atoms with E-state index >= 15 is 0 Å². The third kappa shape index (κ3) is 6.46. The van der Waals surface area contributed by atoms with E-state index < -0.39 is 10.0 Å². The molecule has 0 saturated heterocycles. The molecule has 1 aromatic rings. The van der Waals surface area contributed by atoms with E-state index in [9.17, 15) is 8.42 Å². The van der Waals surface area contributed by atoms with Crippen LogP contribution in [-0.4, -0.2) is 27.7 Å². The second kappa shape index (κ2) is 8.88. The Morgan fingerprint density at radius 3 is 2.33 bits per heavy atom. The average Bonchev–Trinajstić information content (AvgIpc) is 2.44. The summed E-state index contributed by atoms with van der Waals surface area (Å²) < 4.78 is 32.9. The van der Waals surface area contributed by atoms with Crippen molar-refractivity contribution in [3.8, 4) is 0 Å². The first kappa shape index (κ1) is 18.6. The van der Waals surface area contributed by atoms with Gasteiger partial charge < -0.3 is 4.74 Å². The Labute approximate surface area is 136 Å². The maximum Gasteiger partial charge on any atom is 0.240 e. The van der Waals surface area contributed by atoms with Gasteiger partial charge in [-0.25, -0.2) is 13.1 Å². The molecule has 1 unspecified atom stereocenters. The Kier molecular flexibility index (Phi) is 7.87. The van der Waals surface area contributed by atoms with Crippen LogP contribution < -0.4 is 4.72 Å². The SMILES string of the molecule is CCOCC(CC(C)C)NS(=O)(=O)c1ccc(CBr)cc1. The van der Waals surface area contributed by atoms with Crippen LogP contribution in [0.3, 0.4) is 0 Å². The van der Waals surface area contributed by atoms with Crippen molar-refractivity contribution in [3.63, 3.8) is 0 Å². The number of sulfonamides is 1. The molecule has 0 fully saturated rings. The van der Waals surface area contributed by atoms with E-state index in [1.165, 1.54) is 0 Å². The molecule has 1 atom stereocenters. The lowest BCUT2D eigenvalue weighted by molar-refractivity contribution is 0.122. The van der Waals surface area contributed by atoms with E-state index in [4.69, 9.17) is 4.74 Å². The normalized spacial score (nSPS) is 13.6. The molecular weight excluding hydrogens is 354 g/mol. The number of hydrogen-bond donors (Lipinski definition) is 1. The van der Waals surface area contributed by atoms with Crippen molar-refractivity contribution in [2.24, 2.45) is 5.92 Å². The second-order valence-corrected chi connectivity index (χ2v) is 7.66. The zero-order valence-electron chi connectivity index (χ0n) is 12.8. The summed E-state index contributed by atoms with van der Waals surface area (Å²) in [7, 11) is -3.51. The standard InChI is InChI=1S/C15H24BrNO3S/c1-4-20-11-14(9-12(2)3)17-21(18,19)15-7-5-13(10-16)6-8-15/h5-8,12,14,17H,4,9-11H2,1-3H3. The first-order valence-electron chi connectivity index (χ1n) is 7.14. The Bertz CT molecular complexity index is 514. The van der Waals surface area contributed by atoms with E-state index in [0.29, 0.717) is 24.5 Å². The minimum absolute atomic E-state index is 0.203. The van der Waals surface area contributed by atoms with Crippen molar-refractivity contribution in [2.75, 3.05) is 13.2 Å². The third-order valence-corrected chi connectivity index (χ3v) is 5.17. The summed E-state index contributed by atoms with van der Waals surface area (Å²) in [5, 5.41) is 0.709. The van der Waals surface area contributed by atoms with E-state index in [-0.39, 0.29) is 10.9 Å². The number of halogens is 1. The number of benzene rings is 1. The molecule has 0 radical (unpaired) electrons. The van der Waals surface area contributed by atoms with Crippen molar-refractivity contribution in [2.45, 2.75) is 43.5 Å². The molecule has 0 amide bonds. The van der Waals surface area contributed by atoms with Crippen LogP contribution in [0.15, 0.2) is 29.2 Å². The third-order valence-electron chi connectivity index (χ3n) is 2.99. The number of ether oxygens (including phenoxy) is 1. The van der Waals surface area contributed by atoms with Crippen LogP contribution in [-0.2, 0) is 20.1 Å². The molecule has 0 aromatic heterocycles. The van der Waals surface area contributed by atoms with Crippen molar-refractivity contribution < 1.29 is 13.2 Å². The highest BCUT2D eigenvalue weighted by Gasteiger charge is 2.21. The summed E-state index contributed by atoms with van der Waals surface area (Å²) in [5.74, 6) is 0.397. The van der Waals surface area contributed by atoms with Crippen LogP contribution >= 0.6 is 15.9 Å². The van der Waals surface area contributed by atoms with Crippen molar-refractivity contribution in [1.29, 1.82) is 0 Å². The first-order chi connectivity index (χ1) is 9.89. The molecule has 0 spiro atoms. The Balaban J connectivity index is 2.82. The van der Waals surface area contributed by atoms with E-state index in [1.54, 1.807) is 12.1 Å². The molecule has 21 heavy (non-hydrogen) atoms. The molecular formula is C15H24BrNO3S. The van der Waals surface area contributed by atoms with Gasteiger partial charge in [-0.15, -0.1) is 0 Å². The maximum absolute atomic E-state index is 12.4. The topological polar surface area (TPSA) is 55.4 Å². The summed E-state index contributed by atoms with van der Waals surface area (Å²) in [6.45, 7) is 7.01. The van der Waals surface area contributed by atoms with Gasteiger partial charge in [0.1, 0.15) is 0 Å². The molecule has 1 aromatic carbocycles. The van der Waals surface area contributed by atoms with Gasteiger partial charge in [0.25, 0.3) is 0 Å². The Morgan fingerprint density at radius 2 is 1.86 bits per heavy atom. The summed E-state index contributed by atoms with van der Waals surface area (Å²) in [4.78, 5) is 0.289. The first-order valence-corrected chi connectivity index (χ1v) is 9.74. The molecule has 0 aliphatic rings. The van der Waals surface area contributed by atoms with E-state index in [1.807, 2.05) is 19.1 Å². The van der Waals surface area contributed by atoms with Crippen LogP contribution in [0.1, 0.15) is 32.8 Å². The van der Waals surface area contributed by atoms with Gasteiger partial charge in [-0.05, 0) is 37.0 Å². The summed E-state index contributed by atoms with van der Waals surface area (Å²) >= 11 is 3.35. The van der Waals surface area contributed by atoms with Crippen molar-refractivity contribution in [3.05, 3.63) is 29.8 Å². The lowest BCUT2D eigenvalue weighted by Gasteiger charge is -2.20. The highest BCUT2D eigenvalue weighted by Crippen LogP contribution is 2.15. The quantitative estimate of drug-likeness (QED) is 0.671. The van der Waals surface area contributed by atoms with Crippen LogP contribution in [0.4, 0.5) is 0 Å². The number of rotatable bonds is 9. The molecule has 0 heterocycles. The van der Waals surface area contributed by atoms with Gasteiger partial charge in [0.15, 0.2) is 0 Å². The molecule has 1 N–H and O–H groups in total. The molecule has 0 aliphatic carbocycles. The lowest BCUT2D eigenvalue weighted by Crippen LogP contribution is -2.39. The van der Waals surface area contributed by atoms with Gasteiger partial charge in [0, 0.05) is 18.0 Å². The van der Waals surface area contributed by atoms with E-state index in [2.05, 4.69) is 34.5 Å². The summed E-state index contributed by atoms with van der Waals surface area (Å²) in [6, 6.07) is 6.68. The van der Waals surface area contributed by atoms with Gasteiger partial charge in [-0.2, -0.15) is 0 Å². The predicted molar refractivity (Wildman–Crippen MR) is 89.1 cm³/mol. The minimum Gasteiger partial charge on any atom is -0.380 e. The maximum atomic E-state index is 12.4. The molecule has 0 saturated carbocycles. The molecule has 120 valence electrons. The summed E-state index contributed by atoms with van der Waals surface area (Å²) in [5.41, 5.74) is 1.04. The monoisotopic (exact) mass is 377 g/mol. The molecule has 4 nitrogen and oxygen atoms in total. The summed E-state index contributed by atoms with van der Waals surface area (Å²) in [6.07, 6.45) is 0.749. The van der Waals surface area contributed by atoms with Crippen molar-refractivity contribution >= 4 is 26.0 Å². The fraction of sp³-hybridized carbons (Fsp3) is 0.600. The Morgan fingerprint density at radius 1 is 1.24 bits per heavy atom. The molecule has 1 rings (SSSR count). The average molecular weight is 378 g/mol. The fourth-order valence-corrected chi connectivity index (χ4v) is 3.63. The molecule has 6 heteroatoms. The second-order valence-electron chi connectivity index (χ2n) is 5.38. The van der Waals surface area contributed by atoms with E-state index in [0.717, 1.165) is 12.0 Å². The zero-order chi connectivity index (χ0) is 15.9. The zero-order valence-corrected chi connectivity index (χ0v) is 15.2. The van der Waals surface area contributed by atoms with Crippen LogP contribution in [0.2, 0.25) is 0 Å². The van der Waals surface area contributed by atoms with Gasteiger partial charge in [0.2, 0.25) is 10.0 Å². The molecule has 0 bridgehead atoms. The van der Waals surface area contributed by atoms with Gasteiger partial charge >= 0.3 is 0 Å². The smallest absolute Gasteiger partial charge is 0.240 e. The number of alkyl halides is 1. The Hall–Kier alpha value is -0.430. The highest BCUT2D eigenvalue weighted by molar-refractivity contribution is 9.08. The lowest BCUT2D eigenvalue weighted by atomic mass is 10.1. The van der Waals surface area contributed by atoms with Gasteiger partial charge in [-0.3, -0.25) is 0 Å². The number of nitrogens with one attached hydrogen (secondary N) is 1. The van der Waals surface area contributed by atoms with Crippen LogP contribution in [0, 0.1) is 5.92 Å². The van der Waals surface area contributed by atoms with Crippen molar-refractivity contribution in [1.82, 2.24) is 4.72 Å². The number of hydrogen-bond acceptors (Lipinski definition) is 3. The minimum atomic E-state index is -3.51. The largest absolute Gasteiger partial charge is 0.380 e. The van der Waals surface area contributed by atoms with Crippen LogP contribution in [0.5, 0.6) is 0 Å². The van der Waals surface area contributed by atoms with Gasteiger partial charge in [-0.1, -0.05) is 41.9 Å². The molecule has 0 aliphatic heterocycles. The van der Waals surface area contributed by atoms with Gasteiger partial charge in [0.05, 0.1) is 11.5 Å². The predicted octanol–water partition coefficient (Wildman–Crippen LogP) is 3.31. The highest BCUT2D eigenvalue weighted by atomic mass is 79.9.